The number of rotatable bonds is 3. The van der Waals surface area contributed by atoms with Crippen molar-refractivity contribution in [1.82, 2.24) is 9.62 Å². The summed E-state index contributed by atoms with van der Waals surface area (Å²) < 4.78 is 25.3. The first kappa shape index (κ1) is 16.5. The summed E-state index contributed by atoms with van der Waals surface area (Å²) in [6.07, 6.45) is 2.51. The largest absolute Gasteiger partial charge is 0.349 e. The Labute approximate surface area is 133 Å². The maximum Gasteiger partial charge on any atom is 0.251 e. The SMILES string of the molecule is Cc1cc(C(=O)NC2CCN(S(C)(=O)=O)CC2)ccc1Br. The predicted molar refractivity (Wildman–Crippen MR) is 85.8 cm³/mol. The second-order valence-electron chi connectivity index (χ2n) is 5.37. The quantitative estimate of drug-likeness (QED) is 0.878. The number of sulfonamides is 1. The van der Waals surface area contributed by atoms with Gasteiger partial charge in [0.15, 0.2) is 0 Å². The summed E-state index contributed by atoms with van der Waals surface area (Å²) in [4.78, 5) is 12.2. The van der Waals surface area contributed by atoms with Crippen molar-refractivity contribution in [2.24, 2.45) is 0 Å². The number of benzene rings is 1. The monoisotopic (exact) mass is 374 g/mol. The van der Waals surface area contributed by atoms with E-state index in [9.17, 15) is 13.2 Å². The summed E-state index contributed by atoms with van der Waals surface area (Å²) >= 11 is 3.41. The molecule has 0 saturated carbocycles. The molecule has 0 atom stereocenters. The van der Waals surface area contributed by atoms with Crippen LogP contribution in [-0.4, -0.2) is 44.0 Å². The fourth-order valence-corrected chi connectivity index (χ4v) is 3.51. The van der Waals surface area contributed by atoms with Gasteiger partial charge in [0.25, 0.3) is 5.91 Å². The van der Waals surface area contributed by atoms with Crippen LogP contribution in [0.5, 0.6) is 0 Å². The molecule has 0 spiro atoms. The average molecular weight is 375 g/mol. The Morgan fingerprint density at radius 2 is 1.95 bits per heavy atom. The van der Waals surface area contributed by atoms with Crippen molar-refractivity contribution in [3.05, 3.63) is 33.8 Å². The molecule has 21 heavy (non-hydrogen) atoms. The van der Waals surface area contributed by atoms with E-state index in [-0.39, 0.29) is 11.9 Å². The van der Waals surface area contributed by atoms with E-state index in [1.54, 1.807) is 6.07 Å². The molecule has 0 radical (unpaired) electrons. The number of piperidine rings is 1. The van der Waals surface area contributed by atoms with Crippen LogP contribution in [0.15, 0.2) is 22.7 Å². The highest BCUT2D eigenvalue weighted by molar-refractivity contribution is 9.10. The first-order chi connectivity index (χ1) is 9.77. The molecule has 5 nitrogen and oxygen atoms in total. The van der Waals surface area contributed by atoms with Crippen LogP contribution in [0.4, 0.5) is 0 Å². The van der Waals surface area contributed by atoms with E-state index < -0.39 is 10.0 Å². The van der Waals surface area contributed by atoms with Crippen molar-refractivity contribution in [1.29, 1.82) is 0 Å². The lowest BCUT2D eigenvalue weighted by Crippen LogP contribution is -2.46. The molecule has 1 saturated heterocycles. The summed E-state index contributed by atoms with van der Waals surface area (Å²) in [5, 5.41) is 2.98. The Morgan fingerprint density at radius 3 is 2.48 bits per heavy atom. The number of aryl methyl sites for hydroxylation is 1. The molecule has 1 amide bonds. The Bertz CT molecular complexity index is 638. The van der Waals surface area contributed by atoms with Crippen molar-refractivity contribution in [2.45, 2.75) is 25.8 Å². The number of hydrogen-bond donors (Lipinski definition) is 1. The molecule has 0 unspecified atom stereocenters. The highest BCUT2D eigenvalue weighted by Crippen LogP contribution is 2.18. The van der Waals surface area contributed by atoms with E-state index >= 15 is 0 Å². The van der Waals surface area contributed by atoms with E-state index in [1.807, 2.05) is 19.1 Å². The van der Waals surface area contributed by atoms with E-state index in [1.165, 1.54) is 10.6 Å². The van der Waals surface area contributed by atoms with Gasteiger partial charge in [0, 0.05) is 29.2 Å². The lowest BCUT2D eigenvalue weighted by atomic mass is 10.1. The van der Waals surface area contributed by atoms with Crippen LogP contribution >= 0.6 is 15.9 Å². The molecular weight excluding hydrogens is 356 g/mol. The van der Waals surface area contributed by atoms with Gasteiger partial charge in [0.05, 0.1) is 6.26 Å². The summed E-state index contributed by atoms with van der Waals surface area (Å²) in [5.41, 5.74) is 1.63. The number of nitrogens with zero attached hydrogens (tertiary/aromatic N) is 1. The number of nitrogens with one attached hydrogen (secondary N) is 1. The fourth-order valence-electron chi connectivity index (χ4n) is 2.39. The van der Waals surface area contributed by atoms with E-state index in [2.05, 4.69) is 21.2 Å². The average Bonchev–Trinajstić information content (AvgIpc) is 2.41. The van der Waals surface area contributed by atoms with Crippen LogP contribution in [-0.2, 0) is 10.0 Å². The second kappa shape index (κ2) is 6.46. The van der Waals surface area contributed by atoms with Gasteiger partial charge in [-0.25, -0.2) is 12.7 Å². The molecule has 7 heteroatoms. The summed E-state index contributed by atoms with van der Waals surface area (Å²) in [6.45, 7) is 2.86. The Hall–Kier alpha value is -0.920. The summed E-state index contributed by atoms with van der Waals surface area (Å²) in [6, 6.07) is 5.50. The molecule has 1 aromatic carbocycles. The smallest absolute Gasteiger partial charge is 0.251 e. The van der Waals surface area contributed by atoms with Crippen molar-refractivity contribution in [3.63, 3.8) is 0 Å². The number of amides is 1. The molecule has 1 fully saturated rings. The fraction of sp³-hybridized carbons (Fsp3) is 0.500. The van der Waals surface area contributed by atoms with Crippen LogP contribution in [0, 0.1) is 6.92 Å². The minimum Gasteiger partial charge on any atom is -0.349 e. The molecule has 1 N–H and O–H groups in total. The highest BCUT2D eigenvalue weighted by Gasteiger charge is 2.25. The van der Waals surface area contributed by atoms with Gasteiger partial charge < -0.3 is 5.32 Å². The van der Waals surface area contributed by atoms with E-state index in [4.69, 9.17) is 0 Å². The third-order valence-electron chi connectivity index (χ3n) is 3.68. The molecular formula is C14H19BrN2O3S. The van der Waals surface area contributed by atoms with Gasteiger partial charge in [-0.2, -0.15) is 0 Å². The van der Waals surface area contributed by atoms with Gasteiger partial charge >= 0.3 is 0 Å². The Morgan fingerprint density at radius 1 is 1.33 bits per heavy atom. The van der Waals surface area contributed by atoms with Crippen molar-refractivity contribution >= 4 is 31.9 Å². The van der Waals surface area contributed by atoms with E-state index in [0.717, 1.165) is 10.0 Å². The maximum absolute atomic E-state index is 12.2. The third kappa shape index (κ3) is 4.28. The van der Waals surface area contributed by atoms with Crippen LogP contribution in [0.3, 0.4) is 0 Å². The topological polar surface area (TPSA) is 66.5 Å². The molecule has 116 valence electrons. The van der Waals surface area contributed by atoms with Crippen LogP contribution in [0.25, 0.3) is 0 Å². The number of carbonyl (C=O) groups excluding carboxylic acids is 1. The minimum atomic E-state index is -3.12. The lowest BCUT2D eigenvalue weighted by Gasteiger charge is -2.30. The highest BCUT2D eigenvalue weighted by atomic mass is 79.9. The van der Waals surface area contributed by atoms with Gasteiger partial charge in [0.1, 0.15) is 0 Å². The first-order valence-corrected chi connectivity index (χ1v) is 9.43. The zero-order valence-corrected chi connectivity index (χ0v) is 14.5. The molecule has 0 bridgehead atoms. The van der Waals surface area contributed by atoms with Crippen LogP contribution in [0.1, 0.15) is 28.8 Å². The molecule has 1 aliphatic heterocycles. The Balaban J connectivity index is 1.94. The molecule has 1 aromatic rings. The third-order valence-corrected chi connectivity index (χ3v) is 5.87. The molecule has 1 heterocycles. The molecule has 0 aromatic heterocycles. The van der Waals surface area contributed by atoms with Gasteiger partial charge in [-0.3, -0.25) is 4.79 Å². The first-order valence-electron chi connectivity index (χ1n) is 6.79. The van der Waals surface area contributed by atoms with Gasteiger partial charge in [-0.1, -0.05) is 15.9 Å². The number of hydrogen-bond acceptors (Lipinski definition) is 3. The van der Waals surface area contributed by atoms with Gasteiger partial charge in [-0.15, -0.1) is 0 Å². The Kier molecular flexibility index (Phi) is 5.06. The molecule has 2 rings (SSSR count). The second-order valence-corrected chi connectivity index (χ2v) is 8.21. The number of carbonyl (C=O) groups is 1. The van der Waals surface area contributed by atoms with E-state index in [0.29, 0.717) is 31.5 Å². The molecule has 0 aliphatic carbocycles. The number of halogens is 1. The maximum atomic E-state index is 12.2. The molecule has 1 aliphatic rings. The zero-order valence-electron chi connectivity index (χ0n) is 12.1. The van der Waals surface area contributed by atoms with Crippen LogP contribution < -0.4 is 5.32 Å². The summed E-state index contributed by atoms with van der Waals surface area (Å²) in [7, 11) is -3.12. The van der Waals surface area contributed by atoms with Crippen molar-refractivity contribution < 1.29 is 13.2 Å². The van der Waals surface area contributed by atoms with Crippen molar-refractivity contribution in [3.8, 4) is 0 Å². The van der Waals surface area contributed by atoms with Gasteiger partial charge in [0.2, 0.25) is 10.0 Å². The lowest BCUT2D eigenvalue weighted by molar-refractivity contribution is 0.0924. The predicted octanol–water partition coefficient (Wildman–Crippen LogP) is 1.91. The normalized spacial score (nSPS) is 17.7. The standard InChI is InChI=1S/C14H19BrN2O3S/c1-10-9-11(3-4-13(10)15)14(18)16-12-5-7-17(8-6-12)21(2,19)20/h3-4,9,12H,5-8H2,1-2H3,(H,16,18). The zero-order chi connectivity index (χ0) is 15.6. The van der Waals surface area contributed by atoms with Gasteiger partial charge in [-0.05, 0) is 43.5 Å². The summed E-state index contributed by atoms with van der Waals surface area (Å²) in [5.74, 6) is -0.108. The van der Waals surface area contributed by atoms with Crippen molar-refractivity contribution in [2.75, 3.05) is 19.3 Å². The van der Waals surface area contributed by atoms with Crippen LogP contribution in [0.2, 0.25) is 0 Å². The minimum absolute atomic E-state index is 0.0273.